The summed E-state index contributed by atoms with van der Waals surface area (Å²) in [5.74, 6) is 1.13. The van der Waals surface area contributed by atoms with Crippen LogP contribution in [0.5, 0.6) is 0 Å². The quantitative estimate of drug-likeness (QED) is 0.922. The van der Waals surface area contributed by atoms with E-state index >= 15 is 0 Å². The molecule has 4 rings (SSSR count). The Morgan fingerprint density at radius 3 is 2.52 bits per heavy atom. The summed E-state index contributed by atoms with van der Waals surface area (Å²) in [6, 6.07) is 10.7. The van der Waals surface area contributed by atoms with E-state index < -0.39 is 0 Å². The summed E-state index contributed by atoms with van der Waals surface area (Å²) in [6.07, 6.45) is 4.65. The summed E-state index contributed by atoms with van der Waals surface area (Å²) in [6.45, 7) is 6.02. The number of carbonyl (C=O) groups is 1. The molecule has 2 heterocycles. The zero-order chi connectivity index (χ0) is 15.7. The molecule has 1 aromatic rings. The van der Waals surface area contributed by atoms with E-state index in [-0.39, 0.29) is 11.4 Å². The smallest absolute Gasteiger partial charge is 0.240 e. The standard InChI is InChI=1S/C19H27N3O/c23-18-19(22(13-10-20-18)15-17-6-7-17)8-11-21(12-9-19)14-16-4-2-1-3-5-16/h1-5,17H,6-15H2,(H,20,23). The summed E-state index contributed by atoms with van der Waals surface area (Å²) in [5, 5.41) is 3.13. The van der Waals surface area contributed by atoms with E-state index in [2.05, 4.69) is 45.4 Å². The summed E-state index contributed by atoms with van der Waals surface area (Å²) in [7, 11) is 0. The third-order valence-electron chi connectivity index (χ3n) is 5.80. The molecule has 1 aliphatic carbocycles. The largest absolute Gasteiger partial charge is 0.353 e. The molecule has 1 N–H and O–H groups in total. The Balaban J connectivity index is 1.42. The van der Waals surface area contributed by atoms with Gasteiger partial charge in [-0.3, -0.25) is 14.6 Å². The van der Waals surface area contributed by atoms with Crippen LogP contribution in [0.1, 0.15) is 31.2 Å². The highest BCUT2D eigenvalue weighted by atomic mass is 16.2. The van der Waals surface area contributed by atoms with Crippen LogP contribution < -0.4 is 5.32 Å². The van der Waals surface area contributed by atoms with Gasteiger partial charge >= 0.3 is 0 Å². The summed E-state index contributed by atoms with van der Waals surface area (Å²) in [5.41, 5.74) is 1.14. The van der Waals surface area contributed by atoms with E-state index in [0.29, 0.717) is 0 Å². The average molecular weight is 313 g/mol. The van der Waals surface area contributed by atoms with Crippen molar-refractivity contribution >= 4 is 5.91 Å². The second-order valence-corrected chi connectivity index (χ2v) is 7.44. The third-order valence-corrected chi connectivity index (χ3v) is 5.80. The minimum absolute atomic E-state index is 0.228. The maximum absolute atomic E-state index is 12.7. The van der Waals surface area contributed by atoms with Gasteiger partial charge in [-0.2, -0.15) is 0 Å². The normalized spacial score (nSPS) is 25.5. The van der Waals surface area contributed by atoms with Crippen LogP contribution in [0.3, 0.4) is 0 Å². The van der Waals surface area contributed by atoms with Crippen molar-refractivity contribution in [3.8, 4) is 0 Å². The lowest BCUT2D eigenvalue weighted by Gasteiger charge is -2.50. The van der Waals surface area contributed by atoms with Crippen LogP contribution in [0.4, 0.5) is 0 Å². The van der Waals surface area contributed by atoms with E-state index in [9.17, 15) is 4.79 Å². The van der Waals surface area contributed by atoms with E-state index in [1.165, 1.54) is 18.4 Å². The van der Waals surface area contributed by atoms with Crippen molar-refractivity contribution in [2.75, 3.05) is 32.7 Å². The van der Waals surface area contributed by atoms with E-state index in [0.717, 1.165) is 58.0 Å². The zero-order valence-electron chi connectivity index (χ0n) is 13.8. The van der Waals surface area contributed by atoms with Crippen LogP contribution in [0.2, 0.25) is 0 Å². The molecule has 0 atom stereocenters. The monoisotopic (exact) mass is 313 g/mol. The van der Waals surface area contributed by atoms with Gasteiger partial charge in [0.2, 0.25) is 5.91 Å². The predicted molar refractivity (Wildman–Crippen MR) is 91.0 cm³/mol. The number of likely N-dealkylation sites (tertiary alicyclic amines) is 1. The first-order chi connectivity index (χ1) is 11.3. The Labute approximate surface area is 138 Å². The lowest BCUT2D eigenvalue weighted by atomic mass is 9.82. The first-order valence-electron chi connectivity index (χ1n) is 9.06. The summed E-state index contributed by atoms with van der Waals surface area (Å²) in [4.78, 5) is 17.7. The van der Waals surface area contributed by atoms with Crippen LogP contribution in [-0.2, 0) is 11.3 Å². The van der Waals surface area contributed by atoms with Gasteiger partial charge < -0.3 is 5.32 Å². The highest BCUT2D eigenvalue weighted by Gasteiger charge is 2.48. The number of hydrogen-bond acceptors (Lipinski definition) is 3. The van der Waals surface area contributed by atoms with Gasteiger partial charge in [-0.05, 0) is 37.2 Å². The number of amides is 1. The second-order valence-electron chi connectivity index (χ2n) is 7.44. The Hall–Kier alpha value is -1.39. The van der Waals surface area contributed by atoms with E-state index in [1.54, 1.807) is 0 Å². The van der Waals surface area contributed by atoms with Gasteiger partial charge in [0.1, 0.15) is 5.54 Å². The maximum atomic E-state index is 12.7. The van der Waals surface area contributed by atoms with Gasteiger partial charge in [0.15, 0.2) is 0 Å². The van der Waals surface area contributed by atoms with E-state index in [1.807, 2.05) is 0 Å². The summed E-state index contributed by atoms with van der Waals surface area (Å²) < 4.78 is 0. The Kier molecular flexibility index (Phi) is 4.12. The fourth-order valence-electron chi connectivity index (χ4n) is 4.17. The fourth-order valence-corrected chi connectivity index (χ4v) is 4.17. The van der Waals surface area contributed by atoms with Crippen LogP contribution in [-0.4, -0.2) is 54.0 Å². The van der Waals surface area contributed by atoms with Crippen molar-refractivity contribution in [3.63, 3.8) is 0 Å². The predicted octanol–water partition coefficient (Wildman–Crippen LogP) is 1.86. The van der Waals surface area contributed by atoms with Gasteiger partial charge in [-0.1, -0.05) is 30.3 Å². The average Bonchev–Trinajstić information content (AvgIpc) is 3.39. The van der Waals surface area contributed by atoms with Crippen LogP contribution in [0.15, 0.2) is 30.3 Å². The van der Waals surface area contributed by atoms with Crippen LogP contribution in [0.25, 0.3) is 0 Å². The Morgan fingerprint density at radius 2 is 1.83 bits per heavy atom. The molecule has 1 amide bonds. The highest BCUT2D eigenvalue weighted by molar-refractivity contribution is 5.87. The number of nitrogens with zero attached hydrogens (tertiary/aromatic N) is 2. The van der Waals surface area contributed by atoms with Crippen molar-refractivity contribution in [1.29, 1.82) is 0 Å². The molecular weight excluding hydrogens is 286 g/mol. The lowest BCUT2D eigenvalue weighted by molar-refractivity contribution is -0.141. The number of hydrogen-bond donors (Lipinski definition) is 1. The number of piperazine rings is 1. The lowest BCUT2D eigenvalue weighted by Crippen LogP contribution is -2.68. The molecule has 1 saturated carbocycles. The number of carbonyl (C=O) groups excluding carboxylic acids is 1. The first-order valence-corrected chi connectivity index (χ1v) is 9.06. The van der Waals surface area contributed by atoms with Crippen molar-refractivity contribution in [2.24, 2.45) is 5.92 Å². The van der Waals surface area contributed by atoms with Gasteiger partial charge in [-0.15, -0.1) is 0 Å². The molecule has 23 heavy (non-hydrogen) atoms. The maximum Gasteiger partial charge on any atom is 0.240 e. The highest BCUT2D eigenvalue weighted by Crippen LogP contribution is 2.37. The molecule has 3 aliphatic rings. The number of rotatable bonds is 4. The molecule has 0 aromatic heterocycles. The summed E-state index contributed by atoms with van der Waals surface area (Å²) >= 11 is 0. The minimum atomic E-state index is -0.228. The van der Waals surface area contributed by atoms with E-state index in [4.69, 9.17) is 0 Å². The fraction of sp³-hybridized carbons (Fsp3) is 0.632. The minimum Gasteiger partial charge on any atom is -0.353 e. The molecule has 2 aliphatic heterocycles. The molecule has 124 valence electrons. The molecule has 0 radical (unpaired) electrons. The molecule has 1 aromatic carbocycles. The zero-order valence-corrected chi connectivity index (χ0v) is 13.8. The number of nitrogens with one attached hydrogen (secondary N) is 1. The van der Waals surface area contributed by atoms with Gasteiger partial charge in [-0.25, -0.2) is 0 Å². The molecule has 2 saturated heterocycles. The number of benzene rings is 1. The van der Waals surface area contributed by atoms with Crippen molar-refractivity contribution in [2.45, 2.75) is 37.8 Å². The van der Waals surface area contributed by atoms with Crippen molar-refractivity contribution in [1.82, 2.24) is 15.1 Å². The van der Waals surface area contributed by atoms with Crippen LogP contribution in [0, 0.1) is 5.92 Å². The second kappa shape index (κ2) is 6.25. The molecule has 0 unspecified atom stereocenters. The molecule has 4 heteroatoms. The number of piperidine rings is 1. The third kappa shape index (κ3) is 3.15. The first kappa shape index (κ1) is 15.2. The SMILES string of the molecule is O=C1NCCN(CC2CC2)C12CCN(Cc1ccccc1)CC2. The Morgan fingerprint density at radius 1 is 1.09 bits per heavy atom. The van der Waals surface area contributed by atoms with Crippen molar-refractivity contribution in [3.05, 3.63) is 35.9 Å². The molecule has 1 spiro atoms. The Bertz CT molecular complexity index is 547. The van der Waals surface area contributed by atoms with Gasteiger partial charge in [0.25, 0.3) is 0 Å². The molecule has 0 bridgehead atoms. The molecule has 4 nitrogen and oxygen atoms in total. The van der Waals surface area contributed by atoms with Crippen molar-refractivity contribution < 1.29 is 4.79 Å². The van der Waals surface area contributed by atoms with Crippen LogP contribution >= 0.6 is 0 Å². The molecular formula is C19H27N3O. The molecule has 3 fully saturated rings. The topological polar surface area (TPSA) is 35.6 Å². The van der Waals surface area contributed by atoms with Gasteiger partial charge in [0, 0.05) is 39.3 Å². The van der Waals surface area contributed by atoms with Gasteiger partial charge in [0.05, 0.1) is 0 Å².